The van der Waals surface area contributed by atoms with E-state index in [1.165, 1.54) is 41.7 Å². The number of methoxy groups -OCH3 is 1. The first kappa shape index (κ1) is 23.1. The average Bonchev–Trinajstić information content (AvgIpc) is 2.78. The minimum atomic E-state index is -3.88. The van der Waals surface area contributed by atoms with E-state index >= 15 is 0 Å². The molecule has 0 saturated heterocycles. The largest absolute Gasteiger partial charge is 0.496 e. The van der Waals surface area contributed by atoms with Gasteiger partial charge in [0.1, 0.15) is 11.6 Å². The number of rotatable bonds is 6. The quantitative estimate of drug-likeness (QED) is 0.562. The molecule has 0 saturated carbocycles. The lowest BCUT2D eigenvalue weighted by Crippen LogP contribution is -2.35. The Morgan fingerprint density at radius 1 is 0.939 bits per heavy atom. The summed E-state index contributed by atoms with van der Waals surface area (Å²) in [7, 11) is -6.21. The highest BCUT2D eigenvalue weighted by Gasteiger charge is 2.29. The maximum atomic E-state index is 13.2. The van der Waals surface area contributed by atoms with Gasteiger partial charge < -0.3 is 4.74 Å². The molecular weight excluding hydrogens is 467 g/mol. The Labute approximate surface area is 192 Å². The van der Waals surface area contributed by atoms with Gasteiger partial charge in [-0.2, -0.15) is 0 Å². The van der Waals surface area contributed by atoms with E-state index < -0.39 is 25.9 Å². The fourth-order valence-electron chi connectivity index (χ4n) is 3.84. The standard InChI is InChI=1S/C23H23FN2O5S2/c1-16-14-21(10-12-23(16)31-2)32(27,28)25-19-7-11-22-17(15-19)4-3-13-26(22)33(29,30)20-8-5-18(24)6-9-20/h5-12,14-15,25H,3-4,13H2,1-2H3. The molecule has 0 radical (unpaired) electrons. The number of fused-ring (bicyclic) bond motifs is 1. The highest BCUT2D eigenvalue weighted by molar-refractivity contribution is 7.93. The third-order valence-electron chi connectivity index (χ3n) is 5.49. The molecular formula is C23H23FN2O5S2. The van der Waals surface area contributed by atoms with E-state index in [9.17, 15) is 21.2 Å². The number of sulfonamides is 2. The molecule has 0 fully saturated rings. The summed E-state index contributed by atoms with van der Waals surface area (Å²) in [6, 6.07) is 14.0. The molecule has 0 aliphatic carbocycles. The van der Waals surface area contributed by atoms with E-state index in [1.54, 1.807) is 25.1 Å². The maximum Gasteiger partial charge on any atom is 0.264 e. The van der Waals surface area contributed by atoms with Gasteiger partial charge in [0.25, 0.3) is 20.0 Å². The van der Waals surface area contributed by atoms with E-state index in [2.05, 4.69) is 4.72 Å². The van der Waals surface area contributed by atoms with Crippen molar-refractivity contribution in [3.63, 3.8) is 0 Å². The summed E-state index contributed by atoms with van der Waals surface area (Å²) in [5, 5.41) is 0. The SMILES string of the molecule is COc1ccc(S(=O)(=O)Nc2ccc3c(c2)CCCN3S(=O)(=O)c2ccc(F)cc2)cc1C. The Bertz CT molecular complexity index is 1410. The molecule has 1 aliphatic rings. The van der Waals surface area contributed by atoms with Crippen LogP contribution in [0.15, 0.2) is 70.5 Å². The summed E-state index contributed by atoms with van der Waals surface area (Å²) < 4.78 is 74.3. The summed E-state index contributed by atoms with van der Waals surface area (Å²) in [5.41, 5.74) is 2.21. The summed E-state index contributed by atoms with van der Waals surface area (Å²) in [4.78, 5) is 0.0930. The van der Waals surface area contributed by atoms with Crippen molar-refractivity contribution in [3.8, 4) is 5.75 Å². The number of hydrogen-bond donors (Lipinski definition) is 1. The van der Waals surface area contributed by atoms with Crippen molar-refractivity contribution >= 4 is 31.4 Å². The maximum absolute atomic E-state index is 13.2. The van der Waals surface area contributed by atoms with Crippen molar-refractivity contribution in [2.45, 2.75) is 29.6 Å². The third kappa shape index (κ3) is 4.53. The number of anilines is 2. The Morgan fingerprint density at radius 3 is 2.30 bits per heavy atom. The molecule has 1 heterocycles. The van der Waals surface area contributed by atoms with Crippen LogP contribution in [0, 0.1) is 12.7 Å². The monoisotopic (exact) mass is 490 g/mol. The zero-order chi connectivity index (χ0) is 23.8. The predicted octanol–water partition coefficient (Wildman–Crippen LogP) is 4.09. The summed E-state index contributed by atoms with van der Waals surface area (Å²) in [5.74, 6) is 0.0714. The summed E-state index contributed by atoms with van der Waals surface area (Å²) in [6.07, 6.45) is 1.17. The van der Waals surface area contributed by atoms with Gasteiger partial charge in [0, 0.05) is 12.2 Å². The molecule has 1 N–H and O–H groups in total. The van der Waals surface area contributed by atoms with E-state index in [0.717, 1.165) is 12.1 Å². The number of aryl methyl sites for hydroxylation is 2. The second-order valence-electron chi connectivity index (χ2n) is 7.72. The zero-order valence-electron chi connectivity index (χ0n) is 18.1. The van der Waals surface area contributed by atoms with Crippen LogP contribution in [0.2, 0.25) is 0 Å². The van der Waals surface area contributed by atoms with Gasteiger partial charge in [-0.25, -0.2) is 21.2 Å². The molecule has 0 bridgehead atoms. The molecule has 1 aliphatic heterocycles. The molecule has 0 aromatic heterocycles. The fraction of sp³-hybridized carbons (Fsp3) is 0.217. The Balaban J connectivity index is 1.63. The average molecular weight is 491 g/mol. The molecule has 174 valence electrons. The Hall–Kier alpha value is -3.11. The minimum Gasteiger partial charge on any atom is -0.496 e. The van der Waals surface area contributed by atoms with E-state index in [4.69, 9.17) is 4.74 Å². The van der Waals surface area contributed by atoms with Crippen molar-refractivity contribution < 1.29 is 26.0 Å². The van der Waals surface area contributed by atoms with Gasteiger partial charge in [-0.1, -0.05) is 0 Å². The van der Waals surface area contributed by atoms with Crippen LogP contribution in [-0.2, 0) is 26.5 Å². The van der Waals surface area contributed by atoms with Gasteiger partial charge in [-0.05, 0) is 91.6 Å². The van der Waals surface area contributed by atoms with Gasteiger partial charge in [0.15, 0.2) is 0 Å². The Morgan fingerprint density at radius 2 is 1.64 bits per heavy atom. The molecule has 3 aromatic carbocycles. The molecule has 0 amide bonds. The first-order valence-electron chi connectivity index (χ1n) is 10.2. The van der Waals surface area contributed by atoms with Crippen molar-refractivity contribution in [1.29, 1.82) is 0 Å². The predicted molar refractivity (Wildman–Crippen MR) is 124 cm³/mol. The lowest BCUT2D eigenvalue weighted by molar-refractivity contribution is 0.411. The van der Waals surface area contributed by atoms with Crippen LogP contribution in [0.3, 0.4) is 0 Å². The van der Waals surface area contributed by atoms with Gasteiger partial charge in [0.05, 0.1) is 22.6 Å². The fourth-order valence-corrected chi connectivity index (χ4v) is 6.52. The highest BCUT2D eigenvalue weighted by Crippen LogP contribution is 2.34. The second kappa shape index (κ2) is 8.68. The topological polar surface area (TPSA) is 92.8 Å². The smallest absolute Gasteiger partial charge is 0.264 e. The number of hydrogen-bond acceptors (Lipinski definition) is 5. The molecule has 3 aromatic rings. The van der Waals surface area contributed by atoms with Crippen LogP contribution < -0.4 is 13.8 Å². The van der Waals surface area contributed by atoms with Gasteiger partial charge in [-0.3, -0.25) is 9.03 Å². The van der Waals surface area contributed by atoms with Crippen molar-refractivity contribution in [1.82, 2.24) is 0 Å². The minimum absolute atomic E-state index is 0.00333. The number of ether oxygens (including phenoxy) is 1. The van der Waals surface area contributed by atoms with Crippen LogP contribution >= 0.6 is 0 Å². The Kier molecular flexibility index (Phi) is 6.06. The molecule has 0 spiro atoms. The van der Waals surface area contributed by atoms with Crippen LogP contribution in [0.25, 0.3) is 0 Å². The molecule has 33 heavy (non-hydrogen) atoms. The zero-order valence-corrected chi connectivity index (χ0v) is 19.7. The van der Waals surface area contributed by atoms with Crippen LogP contribution in [-0.4, -0.2) is 30.5 Å². The summed E-state index contributed by atoms with van der Waals surface area (Å²) >= 11 is 0. The number of benzene rings is 3. The van der Waals surface area contributed by atoms with E-state index in [1.807, 2.05) is 0 Å². The normalized spacial score (nSPS) is 14.0. The van der Waals surface area contributed by atoms with Crippen molar-refractivity contribution in [3.05, 3.63) is 77.6 Å². The lowest BCUT2D eigenvalue weighted by Gasteiger charge is -2.31. The third-order valence-corrected chi connectivity index (χ3v) is 8.69. The second-order valence-corrected chi connectivity index (χ2v) is 11.3. The number of halogens is 1. The first-order valence-corrected chi connectivity index (χ1v) is 13.1. The lowest BCUT2D eigenvalue weighted by atomic mass is 10.0. The van der Waals surface area contributed by atoms with E-state index in [-0.39, 0.29) is 16.3 Å². The summed E-state index contributed by atoms with van der Waals surface area (Å²) in [6.45, 7) is 2.04. The highest BCUT2D eigenvalue weighted by atomic mass is 32.2. The van der Waals surface area contributed by atoms with E-state index in [0.29, 0.717) is 41.1 Å². The van der Waals surface area contributed by atoms with Crippen LogP contribution in [0.5, 0.6) is 5.75 Å². The van der Waals surface area contributed by atoms with Crippen LogP contribution in [0.1, 0.15) is 17.5 Å². The molecule has 7 nitrogen and oxygen atoms in total. The van der Waals surface area contributed by atoms with Gasteiger partial charge in [-0.15, -0.1) is 0 Å². The van der Waals surface area contributed by atoms with Crippen molar-refractivity contribution in [2.24, 2.45) is 0 Å². The van der Waals surface area contributed by atoms with Gasteiger partial charge in [0.2, 0.25) is 0 Å². The number of nitrogens with zero attached hydrogens (tertiary/aromatic N) is 1. The van der Waals surface area contributed by atoms with Gasteiger partial charge >= 0.3 is 0 Å². The molecule has 10 heteroatoms. The first-order chi connectivity index (χ1) is 15.6. The number of nitrogens with one attached hydrogen (secondary N) is 1. The molecule has 0 unspecified atom stereocenters. The van der Waals surface area contributed by atoms with Crippen molar-refractivity contribution in [2.75, 3.05) is 22.7 Å². The molecule has 0 atom stereocenters. The van der Waals surface area contributed by atoms with Crippen LogP contribution in [0.4, 0.5) is 15.8 Å². The molecule has 4 rings (SSSR count).